The Bertz CT molecular complexity index is 222. The molecule has 0 aromatic rings. The lowest BCUT2D eigenvalue weighted by atomic mass is 9.98. The Kier molecular flexibility index (Phi) is 2.24. The SMILES string of the molecule is CCOC(=O)[C@H]1N[C@@H]2C[C@@H]1[C@H](F)C2. The van der Waals surface area contributed by atoms with Crippen LogP contribution in [-0.2, 0) is 9.53 Å². The topological polar surface area (TPSA) is 38.3 Å². The van der Waals surface area contributed by atoms with Crippen molar-refractivity contribution in [2.45, 2.75) is 38.0 Å². The van der Waals surface area contributed by atoms with Gasteiger partial charge in [-0.15, -0.1) is 0 Å². The van der Waals surface area contributed by atoms with Crippen molar-refractivity contribution in [3.63, 3.8) is 0 Å². The van der Waals surface area contributed by atoms with Crippen molar-refractivity contribution in [2.75, 3.05) is 6.61 Å². The number of hydrogen-bond donors (Lipinski definition) is 1. The Morgan fingerprint density at radius 3 is 2.92 bits per heavy atom. The summed E-state index contributed by atoms with van der Waals surface area (Å²) in [7, 11) is 0. The van der Waals surface area contributed by atoms with Crippen LogP contribution in [0.1, 0.15) is 19.8 Å². The second-order valence-corrected chi connectivity index (χ2v) is 3.74. The van der Waals surface area contributed by atoms with E-state index in [0.29, 0.717) is 13.0 Å². The van der Waals surface area contributed by atoms with Crippen molar-refractivity contribution in [1.82, 2.24) is 5.32 Å². The highest BCUT2D eigenvalue weighted by molar-refractivity contribution is 5.77. The molecule has 2 aliphatic rings. The van der Waals surface area contributed by atoms with Crippen LogP contribution < -0.4 is 5.32 Å². The lowest BCUT2D eigenvalue weighted by molar-refractivity contribution is -0.147. The average molecular weight is 187 g/mol. The molecule has 1 saturated heterocycles. The molecule has 0 unspecified atom stereocenters. The van der Waals surface area contributed by atoms with Gasteiger partial charge in [0.05, 0.1) is 6.61 Å². The van der Waals surface area contributed by atoms with E-state index >= 15 is 0 Å². The number of carbonyl (C=O) groups is 1. The fraction of sp³-hybridized carbons (Fsp3) is 0.889. The predicted octanol–water partition coefficient (Wildman–Crippen LogP) is 0.638. The fourth-order valence-corrected chi connectivity index (χ4v) is 2.35. The van der Waals surface area contributed by atoms with Crippen molar-refractivity contribution >= 4 is 5.97 Å². The first kappa shape index (κ1) is 8.94. The summed E-state index contributed by atoms with van der Waals surface area (Å²) < 4.78 is 18.1. The Morgan fingerprint density at radius 2 is 2.38 bits per heavy atom. The Morgan fingerprint density at radius 1 is 1.62 bits per heavy atom. The molecule has 1 aliphatic carbocycles. The molecule has 1 N–H and O–H groups in total. The van der Waals surface area contributed by atoms with E-state index in [-0.39, 0.29) is 17.9 Å². The van der Waals surface area contributed by atoms with Crippen LogP contribution in [0, 0.1) is 5.92 Å². The standard InChI is InChI=1S/C9H14FNO2/c1-2-13-9(12)8-6-3-5(11-8)4-7(6)10/h5-8,11H,2-4H2,1H3/t5-,6-,7-,8+/m1/s1. The predicted molar refractivity (Wildman–Crippen MR) is 45.0 cm³/mol. The smallest absolute Gasteiger partial charge is 0.323 e. The van der Waals surface area contributed by atoms with E-state index in [2.05, 4.69) is 5.32 Å². The van der Waals surface area contributed by atoms with E-state index in [9.17, 15) is 9.18 Å². The third-order valence-corrected chi connectivity index (χ3v) is 2.91. The maximum atomic E-state index is 13.2. The highest BCUT2D eigenvalue weighted by atomic mass is 19.1. The van der Waals surface area contributed by atoms with Crippen LogP contribution in [0.2, 0.25) is 0 Å². The molecule has 2 bridgehead atoms. The second kappa shape index (κ2) is 3.25. The normalized spacial score (nSPS) is 42.3. The van der Waals surface area contributed by atoms with Crippen LogP contribution in [0.3, 0.4) is 0 Å². The molecule has 13 heavy (non-hydrogen) atoms. The number of piperidine rings is 1. The Balaban J connectivity index is 1.99. The van der Waals surface area contributed by atoms with Gasteiger partial charge < -0.3 is 10.1 Å². The number of hydrogen-bond acceptors (Lipinski definition) is 3. The zero-order chi connectivity index (χ0) is 9.42. The van der Waals surface area contributed by atoms with Crippen LogP contribution in [0.25, 0.3) is 0 Å². The van der Waals surface area contributed by atoms with Gasteiger partial charge in [0.15, 0.2) is 0 Å². The minimum absolute atomic E-state index is 0.149. The number of halogens is 1. The van der Waals surface area contributed by atoms with Crippen LogP contribution in [0.4, 0.5) is 4.39 Å². The van der Waals surface area contributed by atoms with E-state index in [1.165, 1.54) is 0 Å². The van der Waals surface area contributed by atoms with Crippen molar-refractivity contribution < 1.29 is 13.9 Å². The average Bonchev–Trinajstić information content (AvgIpc) is 2.62. The number of carbonyl (C=O) groups excluding carboxylic acids is 1. The number of esters is 1. The van der Waals surface area contributed by atoms with Gasteiger partial charge in [-0.05, 0) is 19.8 Å². The van der Waals surface area contributed by atoms with Gasteiger partial charge in [0.1, 0.15) is 12.2 Å². The zero-order valence-electron chi connectivity index (χ0n) is 7.63. The summed E-state index contributed by atoms with van der Waals surface area (Å²) in [5, 5.41) is 3.09. The van der Waals surface area contributed by atoms with Crippen molar-refractivity contribution in [1.29, 1.82) is 0 Å². The Labute approximate surface area is 76.6 Å². The van der Waals surface area contributed by atoms with Gasteiger partial charge in [-0.1, -0.05) is 0 Å². The van der Waals surface area contributed by atoms with Gasteiger partial charge in [-0.2, -0.15) is 0 Å². The zero-order valence-corrected chi connectivity index (χ0v) is 7.63. The highest BCUT2D eigenvalue weighted by Gasteiger charge is 2.49. The molecule has 0 aromatic heterocycles. The van der Waals surface area contributed by atoms with E-state index in [1.807, 2.05) is 0 Å². The molecule has 4 atom stereocenters. The lowest BCUT2D eigenvalue weighted by Gasteiger charge is -2.23. The van der Waals surface area contributed by atoms with E-state index in [1.54, 1.807) is 6.92 Å². The molecule has 2 fully saturated rings. The third-order valence-electron chi connectivity index (χ3n) is 2.91. The molecule has 0 amide bonds. The van der Waals surface area contributed by atoms with Crippen LogP contribution in [0.15, 0.2) is 0 Å². The monoisotopic (exact) mass is 187 g/mol. The first-order valence-electron chi connectivity index (χ1n) is 4.79. The van der Waals surface area contributed by atoms with Crippen LogP contribution >= 0.6 is 0 Å². The first-order chi connectivity index (χ1) is 6.22. The molecule has 3 nitrogen and oxygen atoms in total. The van der Waals surface area contributed by atoms with Gasteiger partial charge >= 0.3 is 5.97 Å². The summed E-state index contributed by atoms with van der Waals surface area (Å²) in [6.07, 6.45) is 0.520. The van der Waals surface area contributed by atoms with Gasteiger partial charge in [-0.25, -0.2) is 4.39 Å². The third kappa shape index (κ3) is 1.43. The largest absolute Gasteiger partial charge is 0.465 e. The summed E-state index contributed by atoms with van der Waals surface area (Å²) in [5.41, 5.74) is 0. The quantitative estimate of drug-likeness (QED) is 0.645. The van der Waals surface area contributed by atoms with Gasteiger partial charge in [0.2, 0.25) is 0 Å². The molecule has 2 rings (SSSR count). The van der Waals surface area contributed by atoms with Crippen LogP contribution in [0.5, 0.6) is 0 Å². The fourth-order valence-electron chi connectivity index (χ4n) is 2.35. The molecule has 74 valence electrons. The molecule has 4 heteroatoms. The molecule has 0 aromatic carbocycles. The van der Waals surface area contributed by atoms with E-state index in [4.69, 9.17) is 4.74 Å². The maximum absolute atomic E-state index is 13.2. The summed E-state index contributed by atoms with van der Waals surface area (Å²) in [5.74, 6) is -0.443. The number of alkyl halides is 1. The number of ether oxygens (including phenoxy) is 1. The maximum Gasteiger partial charge on any atom is 0.323 e. The minimum Gasteiger partial charge on any atom is -0.465 e. The first-order valence-corrected chi connectivity index (χ1v) is 4.79. The van der Waals surface area contributed by atoms with E-state index in [0.717, 1.165) is 6.42 Å². The number of fused-ring (bicyclic) bond motifs is 2. The molecule has 1 heterocycles. The van der Waals surface area contributed by atoms with Crippen LogP contribution in [-0.4, -0.2) is 30.8 Å². The number of rotatable bonds is 2. The second-order valence-electron chi connectivity index (χ2n) is 3.74. The molecule has 1 saturated carbocycles. The lowest BCUT2D eigenvalue weighted by Crippen LogP contribution is -2.46. The van der Waals surface area contributed by atoms with Gasteiger partial charge in [0.25, 0.3) is 0 Å². The van der Waals surface area contributed by atoms with Gasteiger partial charge in [0, 0.05) is 12.0 Å². The summed E-state index contributed by atoms with van der Waals surface area (Å²) in [6.45, 7) is 2.13. The summed E-state index contributed by atoms with van der Waals surface area (Å²) >= 11 is 0. The van der Waals surface area contributed by atoms with Crippen molar-refractivity contribution in [3.05, 3.63) is 0 Å². The molecule has 0 radical (unpaired) electrons. The van der Waals surface area contributed by atoms with Crippen molar-refractivity contribution in [3.8, 4) is 0 Å². The molecule has 0 spiro atoms. The van der Waals surface area contributed by atoms with E-state index < -0.39 is 12.2 Å². The summed E-state index contributed by atoms with van der Waals surface area (Å²) in [6, 6.07) is -0.205. The van der Waals surface area contributed by atoms with Crippen molar-refractivity contribution in [2.24, 2.45) is 5.92 Å². The summed E-state index contributed by atoms with van der Waals surface area (Å²) in [4.78, 5) is 11.3. The highest BCUT2D eigenvalue weighted by Crippen LogP contribution is 2.37. The molecular formula is C9H14FNO2. The molecule has 1 aliphatic heterocycles. The van der Waals surface area contributed by atoms with Gasteiger partial charge in [-0.3, -0.25) is 4.79 Å². The number of nitrogens with one attached hydrogen (secondary N) is 1. The Hall–Kier alpha value is -0.640. The minimum atomic E-state index is -0.819. The molecular weight excluding hydrogens is 173 g/mol.